The number of amides is 1. The maximum Gasteiger partial charge on any atom is 0.332 e. The molecule has 0 radical (unpaired) electrons. The van der Waals surface area contributed by atoms with Crippen molar-refractivity contribution in [3.05, 3.63) is 15.8 Å². The number of nitrogen functional groups attached to an aromatic ring is 1. The van der Waals surface area contributed by atoms with Gasteiger partial charge in [-0.05, 0) is 13.8 Å². The molecule has 0 aliphatic rings. The fourth-order valence-electron chi connectivity index (χ4n) is 1.44. The lowest BCUT2D eigenvalue weighted by Gasteiger charge is -2.15. The molecular formula is C10H17N7O3. The highest BCUT2D eigenvalue weighted by Crippen LogP contribution is 2.25. The Morgan fingerprint density at radius 1 is 1.50 bits per heavy atom. The second kappa shape index (κ2) is 6.61. The Kier molecular flexibility index (Phi) is 5.15. The van der Waals surface area contributed by atoms with E-state index in [4.69, 9.17) is 5.84 Å². The van der Waals surface area contributed by atoms with E-state index in [0.29, 0.717) is 6.54 Å². The first-order chi connectivity index (χ1) is 9.40. The molecule has 1 aromatic heterocycles. The van der Waals surface area contributed by atoms with Crippen LogP contribution in [0.15, 0.2) is 0 Å². The Morgan fingerprint density at radius 3 is 2.65 bits per heavy atom. The number of hydrazine groups is 1. The SMILES string of the molecule is CCN(C)C(=O)CNc1nc(NN)nc(C)c1[N+](=O)[O-]. The van der Waals surface area contributed by atoms with Crippen LogP contribution >= 0.6 is 0 Å². The first-order valence-corrected chi connectivity index (χ1v) is 5.88. The monoisotopic (exact) mass is 283 g/mol. The van der Waals surface area contributed by atoms with Gasteiger partial charge in [0.05, 0.1) is 11.5 Å². The fraction of sp³-hybridized carbons (Fsp3) is 0.500. The normalized spacial score (nSPS) is 10.0. The van der Waals surface area contributed by atoms with Crippen molar-refractivity contribution in [3.8, 4) is 0 Å². The van der Waals surface area contributed by atoms with Crippen molar-refractivity contribution in [2.75, 3.05) is 30.9 Å². The van der Waals surface area contributed by atoms with Crippen molar-refractivity contribution < 1.29 is 9.72 Å². The van der Waals surface area contributed by atoms with Gasteiger partial charge < -0.3 is 10.2 Å². The van der Waals surface area contributed by atoms with Gasteiger partial charge in [0.2, 0.25) is 17.7 Å². The molecule has 0 atom stereocenters. The number of carbonyl (C=O) groups excluding carboxylic acids is 1. The number of hydrogen-bond donors (Lipinski definition) is 3. The largest absolute Gasteiger partial charge is 0.355 e. The second-order valence-corrected chi connectivity index (χ2v) is 3.99. The van der Waals surface area contributed by atoms with Gasteiger partial charge in [0.25, 0.3) is 0 Å². The van der Waals surface area contributed by atoms with E-state index >= 15 is 0 Å². The van der Waals surface area contributed by atoms with E-state index in [9.17, 15) is 14.9 Å². The maximum absolute atomic E-state index is 11.7. The minimum Gasteiger partial charge on any atom is -0.355 e. The quantitative estimate of drug-likeness (QED) is 0.372. The van der Waals surface area contributed by atoms with Gasteiger partial charge in [0.1, 0.15) is 5.69 Å². The van der Waals surface area contributed by atoms with Crippen LogP contribution in [0.4, 0.5) is 17.5 Å². The summed E-state index contributed by atoms with van der Waals surface area (Å²) in [6.45, 7) is 3.73. The number of nitro groups is 1. The number of likely N-dealkylation sites (N-methyl/N-ethyl adjacent to an activating group) is 1. The first kappa shape index (κ1) is 15.6. The van der Waals surface area contributed by atoms with Gasteiger partial charge in [-0.1, -0.05) is 0 Å². The predicted octanol–water partition coefficient (Wildman–Crippen LogP) is -0.131. The average molecular weight is 283 g/mol. The van der Waals surface area contributed by atoms with E-state index in [-0.39, 0.29) is 35.6 Å². The summed E-state index contributed by atoms with van der Waals surface area (Å²) >= 11 is 0. The Morgan fingerprint density at radius 2 is 2.15 bits per heavy atom. The standard InChI is InChI=1S/C10H17N7O3/c1-4-16(3)7(18)5-12-9-8(17(19)20)6(2)13-10(14-9)15-11/h4-5,11H2,1-3H3,(H2,12,13,14,15). The lowest BCUT2D eigenvalue weighted by molar-refractivity contribution is -0.385. The van der Waals surface area contributed by atoms with Crippen LogP contribution in [0.1, 0.15) is 12.6 Å². The maximum atomic E-state index is 11.7. The van der Waals surface area contributed by atoms with Crippen molar-refractivity contribution >= 4 is 23.4 Å². The lowest BCUT2D eigenvalue weighted by atomic mass is 10.3. The summed E-state index contributed by atoms with van der Waals surface area (Å²) < 4.78 is 0. The number of aryl methyl sites for hydroxylation is 1. The number of anilines is 2. The van der Waals surface area contributed by atoms with Crippen LogP contribution in [0, 0.1) is 17.0 Å². The van der Waals surface area contributed by atoms with Gasteiger partial charge in [-0.2, -0.15) is 4.98 Å². The summed E-state index contributed by atoms with van der Waals surface area (Å²) in [6, 6.07) is 0. The molecule has 10 nitrogen and oxygen atoms in total. The van der Waals surface area contributed by atoms with Crippen LogP contribution in [0.3, 0.4) is 0 Å². The Hall–Kier alpha value is -2.49. The van der Waals surface area contributed by atoms with E-state index in [0.717, 1.165) is 0 Å². The number of carbonyl (C=O) groups is 1. The zero-order chi connectivity index (χ0) is 15.3. The molecule has 110 valence electrons. The third-order valence-electron chi connectivity index (χ3n) is 2.68. The Balaban J connectivity index is 3.00. The molecule has 0 saturated carbocycles. The van der Waals surface area contributed by atoms with Crippen molar-refractivity contribution in [2.24, 2.45) is 5.84 Å². The van der Waals surface area contributed by atoms with Gasteiger partial charge in [-0.3, -0.25) is 20.3 Å². The van der Waals surface area contributed by atoms with Crippen LogP contribution in [-0.4, -0.2) is 45.8 Å². The summed E-state index contributed by atoms with van der Waals surface area (Å²) in [4.78, 5) is 31.3. The van der Waals surface area contributed by atoms with Crippen LogP contribution < -0.4 is 16.6 Å². The summed E-state index contributed by atoms with van der Waals surface area (Å²) in [5.74, 6) is 4.97. The number of rotatable bonds is 6. The van der Waals surface area contributed by atoms with E-state index in [1.54, 1.807) is 7.05 Å². The van der Waals surface area contributed by atoms with Gasteiger partial charge in [-0.25, -0.2) is 10.8 Å². The zero-order valence-electron chi connectivity index (χ0n) is 11.5. The second-order valence-electron chi connectivity index (χ2n) is 3.99. The molecule has 1 heterocycles. The number of aromatic nitrogens is 2. The predicted molar refractivity (Wildman–Crippen MR) is 73.0 cm³/mol. The first-order valence-electron chi connectivity index (χ1n) is 5.88. The number of hydrogen-bond acceptors (Lipinski definition) is 8. The molecule has 0 fully saturated rings. The average Bonchev–Trinajstić information content (AvgIpc) is 2.42. The number of nitrogens with one attached hydrogen (secondary N) is 2. The summed E-state index contributed by atoms with van der Waals surface area (Å²) in [6.07, 6.45) is 0. The van der Waals surface area contributed by atoms with Crippen molar-refractivity contribution in [3.63, 3.8) is 0 Å². The van der Waals surface area contributed by atoms with Gasteiger partial charge in [-0.15, -0.1) is 0 Å². The molecule has 0 spiro atoms. The molecule has 0 unspecified atom stereocenters. The minimum absolute atomic E-state index is 0.0342. The Labute approximate surface area is 115 Å². The molecule has 0 aliphatic carbocycles. The van der Waals surface area contributed by atoms with E-state index in [1.807, 2.05) is 6.92 Å². The van der Waals surface area contributed by atoms with Crippen LogP contribution in [0.5, 0.6) is 0 Å². The van der Waals surface area contributed by atoms with Gasteiger partial charge >= 0.3 is 5.69 Å². The molecule has 0 bridgehead atoms. The molecule has 4 N–H and O–H groups in total. The van der Waals surface area contributed by atoms with Crippen molar-refractivity contribution in [1.29, 1.82) is 0 Å². The van der Waals surface area contributed by atoms with E-state index in [1.165, 1.54) is 11.8 Å². The molecule has 1 amide bonds. The van der Waals surface area contributed by atoms with Crippen LogP contribution in [0.25, 0.3) is 0 Å². The highest BCUT2D eigenvalue weighted by atomic mass is 16.6. The molecule has 20 heavy (non-hydrogen) atoms. The van der Waals surface area contributed by atoms with Crippen LogP contribution in [0.2, 0.25) is 0 Å². The summed E-state index contributed by atoms with van der Waals surface area (Å²) in [5.41, 5.74) is 2.08. The highest BCUT2D eigenvalue weighted by Gasteiger charge is 2.22. The van der Waals surface area contributed by atoms with Gasteiger partial charge in [0.15, 0.2) is 0 Å². The van der Waals surface area contributed by atoms with E-state index in [2.05, 4.69) is 20.7 Å². The highest BCUT2D eigenvalue weighted by molar-refractivity contribution is 5.81. The van der Waals surface area contributed by atoms with E-state index < -0.39 is 4.92 Å². The molecule has 1 rings (SSSR count). The molecule has 10 heteroatoms. The molecule has 0 aromatic carbocycles. The third kappa shape index (κ3) is 3.51. The minimum atomic E-state index is -0.605. The topological polar surface area (TPSA) is 139 Å². The fourth-order valence-corrected chi connectivity index (χ4v) is 1.44. The summed E-state index contributed by atoms with van der Waals surface area (Å²) in [5, 5.41) is 13.7. The van der Waals surface area contributed by atoms with Crippen molar-refractivity contribution in [1.82, 2.24) is 14.9 Å². The summed E-state index contributed by atoms with van der Waals surface area (Å²) in [7, 11) is 1.64. The molecule has 0 saturated heterocycles. The zero-order valence-corrected chi connectivity index (χ0v) is 11.5. The van der Waals surface area contributed by atoms with Crippen LogP contribution in [-0.2, 0) is 4.79 Å². The smallest absolute Gasteiger partial charge is 0.332 e. The molecule has 1 aromatic rings. The Bertz CT molecular complexity index is 520. The lowest BCUT2D eigenvalue weighted by Crippen LogP contribution is -2.32. The number of nitrogens with zero attached hydrogens (tertiary/aromatic N) is 4. The van der Waals surface area contributed by atoms with Crippen molar-refractivity contribution in [2.45, 2.75) is 13.8 Å². The third-order valence-corrected chi connectivity index (χ3v) is 2.68. The number of nitrogens with two attached hydrogens (primary N) is 1. The molecular weight excluding hydrogens is 266 g/mol. The molecule has 0 aliphatic heterocycles. The van der Waals surface area contributed by atoms with Gasteiger partial charge in [0, 0.05) is 13.6 Å².